The Bertz CT molecular complexity index is 874. The lowest BCUT2D eigenvalue weighted by molar-refractivity contribution is -0.144. The number of carbonyl (C=O) groups is 2. The molecular formula is C32H46O4. The number of benzene rings is 2. The van der Waals surface area contributed by atoms with E-state index >= 15 is 0 Å². The van der Waals surface area contributed by atoms with Gasteiger partial charge in [-0.25, -0.2) is 4.79 Å². The molecule has 0 aliphatic rings. The Labute approximate surface area is 218 Å². The molecule has 0 heterocycles. The van der Waals surface area contributed by atoms with Crippen LogP contribution in [0.15, 0.2) is 54.6 Å². The second-order valence-electron chi connectivity index (χ2n) is 10.0. The Kier molecular flexibility index (Phi) is 13.9. The van der Waals surface area contributed by atoms with E-state index in [-0.39, 0.29) is 6.61 Å². The highest BCUT2D eigenvalue weighted by molar-refractivity contribution is 5.94. The van der Waals surface area contributed by atoms with Crippen LogP contribution in [-0.2, 0) is 21.6 Å². The van der Waals surface area contributed by atoms with Gasteiger partial charge in [-0.1, -0.05) is 139 Å². The van der Waals surface area contributed by atoms with E-state index in [2.05, 4.69) is 13.8 Å². The first-order valence-electron chi connectivity index (χ1n) is 14.1. The van der Waals surface area contributed by atoms with Gasteiger partial charge in [-0.3, -0.25) is 4.79 Å². The fourth-order valence-corrected chi connectivity index (χ4v) is 5.02. The molecule has 2 aromatic carbocycles. The van der Waals surface area contributed by atoms with Gasteiger partial charge in [0, 0.05) is 0 Å². The Hall–Kier alpha value is -2.62. The summed E-state index contributed by atoms with van der Waals surface area (Å²) >= 11 is 0. The molecule has 2 aromatic rings. The summed E-state index contributed by atoms with van der Waals surface area (Å²) in [5.74, 6) is -1.28. The zero-order valence-corrected chi connectivity index (χ0v) is 22.5. The molecule has 0 aromatic heterocycles. The largest absolute Gasteiger partial charge is 0.481 e. The van der Waals surface area contributed by atoms with Crippen LogP contribution in [0.5, 0.6) is 0 Å². The van der Waals surface area contributed by atoms with Crippen molar-refractivity contribution in [3.63, 3.8) is 0 Å². The van der Waals surface area contributed by atoms with Crippen LogP contribution in [0.3, 0.4) is 0 Å². The number of hydrogen-bond donors (Lipinski definition) is 1. The predicted octanol–water partition coefficient (Wildman–Crippen LogP) is 8.87. The average Bonchev–Trinajstić information content (AvgIpc) is 2.90. The molecule has 0 amide bonds. The fourth-order valence-electron chi connectivity index (χ4n) is 5.02. The van der Waals surface area contributed by atoms with E-state index in [9.17, 15) is 14.7 Å². The van der Waals surface area contributed by atoms with Crippen molar-refractivity contribution in [1.29, 1.82) is 0 Å². The number of carbonyl (C=O) groups excluding carboxylic acids is 1. The molecule has 0 aliphatic heterocycles. The first-order valence-corrected chi connectivity index (χ1v) is 14.1. The number of carboxylic acids is 1. The van der Waals surface area contributed by atoms with Gasteiger partial charge in [0.25, 0.3) is 0 Å². The minimum absolute atomic E-state index is 0.170. The van der Waals surface area contributed by atoms with Crippen molar-refractivity contribution in [2.75, 3.05) is 0 Å². The number of aliphatic carboxylic acids is 1. The van der Waals surface area contributed by atoms with Crippen molar-refractivity contribution in [3.8, 4) is 0 Å². The maximum atomic E-state index is 13.2. The van der Waals surface area contributed by atoms with Gasteiger partial charge in [-0.05, 0) is 30.0 Å². The van der Waals surface area contributed by atoms with E-state index in [1.165, 1.54) is 38.5 Å². The molecule has 2 rings (SSSR count). The molecule has 0 radical (unpaired) electrons. The number of unbranched alkanes of at least 4 members (excludes halogenated alkanes) is 10. The highest BCUT2D eigenvalue weighted by Gasteiger charge is 2.42. The molecule has 1 N–H and O–H groups in total. The zero-order valence-electron chi connectivity index (χ0n) is 22.5. The molecule has 4 nitrogen and oxygen atoms in total. The van der Waals surface area contributed by atoms with Crippen molar-refractivity contribution >= 4 is 11.9 Å². The van der Waals surface area contributed by atoms with Crippen molar-refractivity contribution in [1.82, 2.24) is 0 Å². The number of rotatable bonds is 19. The summed E-state index contributed by atoms with van der Waals surface area (Å²) in [6, 6.07) is 16.8. The Morgan fingerprint density at radius 1 is 0.694 bits per heavy atom. The van der Waals surface area contributed by atoms with Gasteiger partial charge >= 0.3 is 11.9 Å². The van der Waals surface area contributed by atoms with Gasteiger partial charge < -0.3 is 9.84 Å². The lowest BCUT2D eigenvalue weighted by atomic mass is 9.70. The Morgan fingerprint density at radius 2 is 1.19 bits per heavy atom. The Balaban J connectivity index is 2.23. The Morgan fingerprint density at radius 3 is 1.75 bits per heavy atom. The van der Waals surface area contributed by atoms with E-state index in [0.717, 1.165) is 44.1 Å². The standard InChI is InChI=1S/C32H46O4/c1-3-5-7-9-11-18-24-32(31(34)35,25-19-12-10-8-6-4-2)29-23-17-16-22-28(29)30(33)36-26-27-20-14-13-15-21-27/h13-17,20-23H,3-12,18-19,24-26H2,1-2H3,(H,34,35). The van der Waals surface area contributed by atoms with E-state index in [0.29, 0.717) is 24.0 Å². The second-order valence-corrected chi connectivity index (χ2v) is 10.0. The molecule has 0 aliphatic carbocycles. The summed E-state index contributed by atoms with van der Waals surface area (Å²) in [6.45, 7) is 4.57. The summed E-state index contributed by atoms with van der Waals surface area (Å²) in [6.07, 6.45) is 14.3. The number of esters is 1. The molecule has 0 saturated heterocycles. The first-order chi connectivity index (χ1) is 17.5. The summed E-state index contributed by atoms with van der Waals surface area (Å²) in [5.41, 5.74) is 0.829. The quantitative estimate of drug-likeness (QED) is 0.156. The van der Waals surface area contributed by atoms with Crippen LogP contribution >= 0.6 is 0 Å². The summed E-state index contributed by atoms with van der Waals surface area (Å²) in [5, 5.41) is 10.6. The number of carboxylic acid groups (broad SMARTS) is 1. The molecule has 0 bridgehead atoms. The number of ether oxygens (including phenoxy) is 1. The van der Waals surface area contributed by atoms with Crippen LogP contribution in [0.25, 0.3) is 0 Å². The van der Waals surface area contributed by atoms with Gasteiger partial charge in [-0.15, -0.1) is 0 Å². The van der Waals surface area contributed by atoms with Gasteiger partial charge in [-0.2, -0.15) is 0 Å². The van der Waals surface area contributed by atoms with Crippen LogP contribution in [0, 0.1) is 0 Å². The third-order valence-corrected chi connectivity index (χ3v) is 7.20. The average molecular weight is 495 g/mol. The maximum absolute atomic E-state index is 13.2. The van der Waals surface area contributed by atoms with Crippen molar-refractivity contribution < 1.29 is 19.4 Å². The minimum atomic E-state index is -1.07. The van der Waals surface area contributed by atoms with E-state index < -0.39 is 17.4 Å². The van der Waals surface area contributed by atoms with Crippen LogP contribution in [0.4, 0.5) is 0 Å². The maximum Gasteiger partial charge on any atom is 0.338 e. The van der Waals surface area contributed by atoms with Crippen molar-refractivity contribution in [2.24, 2.45) is 0 Å². The minimum Gasteiger partial charge on any atom is -0.481 e. The molecule has 36 heavy (non-hydrogen) atoms. The monoisotopic (exact) mass is 494 g/mol. The summed E-state index contributed by atoms with van der Waals surface area (Å²) in [4.78, 5) is 26.1. The molecule has 0 unspecified atom stereocenters. The summed E-state index contributed by atoms with van der Waals surface area (Å²) in [7, 11) is 0. The van der Waals surface area contributed by atoms with Crippen LogP contribution in [0.2, 0.25) is 0 Å². The van der Waals surface area contributed by atoms with Gasteiger partial charge in [0.2, 0.25) is 0 Å². The second kappa shape index (κ2) is 16.9. The van der Waals surface area contributed by atoms with Gasteiger partial charge in [0.1, 0.15) is 6.61 Å². The highest BCUT2D eigenvalue weighted by Crippen LogP contribution is 2.39. The third-order valence-electron chi connectivity index (χ3n) is 7.20. The lowest BCUT2D eigenvalue weighted by Crippen LogP contribution is -2.37. The first kappa shape index (κ1) is 29.6. The van der Waals surface area contributed by atoms with Gasteiger partial charge in [0.15, 0.2) is 0 Å². The topological polar surface area (TPSA) is 63.6 Å². The van der Waals surface area contributed by atoms with Crippen molar-refractivity contribution in [3.05, 3.63) is 71.3 Å². The van der Waals surface area contributed by atoms with E-state index in [4.69, 9.17) is 4.74 Å². The molecule has 4 heteroatoms. The van der Waals surface area contributed by atoms with Gasteiger partial charge in [0.05, 0.1) is 11.0 Å². The SMILES string of the molecule is CCCCCCCCC(CCCCCCCC)(C(=O)O)c1ccccc1C(=O)OCc1ccccc1. The normalized spacial score (nSPS) is 11.4. The van der Waals surface area contributed by atoms with Crippen LogP contribution < -0.4 is 0 Å². The molecule has 0 saturated carbocycles. The molecule has 0 atom stereocenters. The fraction of sp³-hybridized carbons (Fsp3) is 0.562. The predicted molar refractivity (Wildman–Crippen MR) is 147 cm³/mol. The molecule has 0 spiro atoms. The molecule has 198 valence electrons. The smallest absolute Gasteiger partial charge is 0.338 e. The van der Waals surface area contributed by atoms with E-state index in [1.807, 2.05) is 42.5 Å². The highest BCUT2D eigenvalue weighted by atomic mass is 16.5. The van der Waals surface area contributed by atoms with Crippen LogP contribution in [0.1, 0.15) is 125 Å². The lowest BCUT2D eigenvalue weighted by Gasteiger charge is -2.32. The zero-order chi connectivity index (χ0) is 26.1. The molecule has 0 fully saturated rings. The van der Waals surface area contributed by atoms with E-state index in [1.54, 1.807) is 12.1 Å². The number of hydrogen-bond acceptors (Lipinski definition) is 3. The molecular weight excluding hydrogens is 448 g/mol. The third kappa shape index (κ3) is 9.44. The van der Waals surface area contributed by atoms with Crippen molar-refractivity contribution in [2.45, 2.75) is 116 Å². The summed E-state index contributed by atoms with van der Waals surface area (Å²) < 4.78 is 5.64. The van der Waals surface area contributed by atoms with Crippen LogP contribution in [-0.4, -0.2) is 17.0 Å².